The van der Waals surface area contributed by atoms with Crippen LogP contribution in [0.25, 0.3) is 0 Å². The van der Waals surface area contributed by atoms with E-state index in [1.807, 2.05) is 36.2 Å². The molecule has 0 bridgehead atoms. The molecule has 1 saturated heterocycles. The number of hydroxylamine groups is 1. The Kier molecular flexibility index (Phi) is 8.52. The number of amides is 1. The molecular formula is C24H30N8O3S. The lowest BCUT2D eigenvalue weighted by Crippen LogP contribution is -2.42. The Morgan fingerprint density at radius 2 is 1.92 bits per heavy atom. The number of aliphatic imine (C=N–C) groups is 2. The summed E-state index contributed by atoms with van der Waals surface area (Å²) in [5, 5.41) is 8.80. The predicted octanol–water partition coefficient (Wildman–Crippen LogP) is 1.81. The second-order valence-electron chi connectivity index (χ2n) is 8.31. The van der Waals surface area contributed by atoms with Gasteiger partial charge in [-0.2, -0.15) is 0 Å². The number of morpholine rings is 1. The van der Waals surface area contributed by atoms with Gasteiger partial charge in [0.1, 0.15) is 5.84 Å². The van der Waals surface area contributed by atoms with Crippen LogP contribution in [0.15, 0.2) is 57.6 Å². The Balaban J connectivity index is 1.59. The van der Waals surface area contributed by atoms with Gasteiger partial charge in [0.25, 0.3) is 5.91 Å². The molecule has 3 heterocycles. The lowest BCUT2D eigenvalue weighted by atomic mass is 10.2. The molecule has 0 aliphatic carbocycles. The lowest BCUT2D eigenvalue weighted by Gasteiger charge is -2.31. The first-order valence-electron chi connectivity index (χ1n) is 11.6. The number of likely N-dealkylation sites (N-methyl/N-ethyl adjacent to an activating group) is 1. The van der Waals surface area contributed by atoms with Gasteiger partial charge in [0, 0.05) is 48.7 Å². The molecule has 1 amide bonds. The third kappa shape index (κ3) is 6.20. The first-order chi connectivity index (χ1) is 17.5. The Morgan fingerprint density at radius 1 is 1.22 bits per heavy atom. The first kappa shape index (κ1) is 25.6. The molecule has 2 aromatic rings. The third-order valence-corrected chi connectivity index (χ3v) is 7.24. The van der Waals surface area contributed by atoms with E-state index in [2.05, 4.69) is 27.9 Å². The van der Waals surface area contributed by atoms with Gasteiger partial charge >= 0.3 is 0 Å². The van der Waals surface area contributed by atoms with Gasteiger partial charge in [-0.3, -0.25) is 15.0 Å². The monoisotopic (exact) mass is 510 g/mol. The number of amidine groups is 2. The van der Waals surface area contributed by atoms with Crippen molar-refractivity contribution in [3.63, 3.8) is 0 Å². The summed E-state index contributed by atoms with van der Waals surface area (Å²) in [6.07, 6.45) is 4.87. The van der Waals surface area contributed by atoms with Crippen LogP contribution in [0, 0.1) is 0 Å². The van der Waals surface area contributed by atoms with Crippen LogP contribution in [-0.2, 0) is 4.74 Å². The molecule has 1 aromatic heterocycles. The minimum absolute atomic E-state index is 0.0493. The van der Waals surface area contributed by atoms with Gasteiger partial charge in [0.05, 0.1) is 37.1 Å². The zero-order chi connectivity index (χ0) is 25.5. The highest BCUT2D eigenvalue weighted by Crippen LogP contribution is 2.27. The molecule has 0 radical (unpaired) electrons. The number of nitrogens with zero attached hydrogens (tertiary/aromatic N) is 6. The standard InChI is InChI=1S/C24H30N8O3S/c1-16(31(2)24-27-13-18(14-28-24)23(33)30-34)20-7-8-26-22(17-3-5-19(25)6-4-17)29-21(15-36-20)32-9-11-35-12-10-32/h3-7,13-14,16,34H,8-12,15,25H2,1-2H3,(H,30,33). The van der Waals surface area contributed by atoms with E-state index < -0.39 is 5.91 Å². The summed E-state index contributed by atoms with van der Waals surface area (Å²) in [6.45, 7) is 5.44. The molecule has 4 rings (SSSR count). The van der Waals surface area contributed by atoms with E-state index in [9.17, 15) is 4.79 Å². The molecule has 12 heteroatoms. The second kappa shape index (κ2) is 12.0. The van der Waals surface area contributed by atoms with Crippen molar-refractivity contribution in [2.75, 3.05) is 56.3 Å². The fourth-order valence-corrected chi connectivity index (χ4v) is 4.87. The van der Waals surface area contributed by atoms with Crippen molar-refractivity contribution in [2.45, 2.75) is 13.0 Å². The van der Waals surface area contributed by atoms with Gasteiger partial charge in [-0.05, 0) is 31.2 Å². The van der Waals surface area contributed by atoms with E-state index in [0.717, 1.165) is 29.4 Å². The minimum atomic E-state index is -0.656. The molecule has 190 valence electrons. The third-order valence-electron chi connectivity index (χ3n) is 5.99. The number of aromatic nitrogens is 2. The number of anilines is 2. The average Bonchev–Trinajstić information content (AvgIpc) is 3.03. The number of benzene rings is 1. The summed E-state index contributed by atoms with van der Waals surface area (Å²) in [5.41, 5.74) is 9.26. The van der Waals surface area contributed by atoms with Crippen molar-refractivity contribution in [1.29, 1.82) is 0 Å². The fourth-order valence-electron chi connectivity index (χ4n) is 3.73. The van der Waals surface area contributed by atoms with Gasteiger partial charge in [0.15, 0.2) is 5.84 Å². The molecule has 2 aliphatic rings. The van der Waals surface area contributed by atoms with Crippen LogP contribution in [0.2, 0.25) is 0 Å². The van der Waals surface area contributed by atoms with Crippen LogP contribution in [-0.4, -0.2) is 89.3 Å². The summed E-state index contributed by atoms with van der Waals surface area (Å²) in [6, 6.07) is 7.55. The van der Waals surface area contributed by atoms with E-state index in [-0.39, 0.29) is 11.6 Å². The van der Waals surface area contributed by atoms with Gasteiger partial charge in [0.2, 0.25) is 5.95 Å². The van der Waals surface area contributed by atoms with Crippen LogP contribution < -0.4 is 16.1 Å². The van der Waals surface area contributed by atoms with Gasteiger partial charge in [-0.15, -0.1) is 11.8 Å². The second-order valence-corrected chi connectivity index (χ2v) is 9.36. The molecule has 36 heavy (non-hydrogen) atoms. The van der Waals surface area contributed by atoms with Crippen LogP contribution in [0.4, 0.5) is 11.6 Å². The van der Waals surface area contributed by atoms with Crippen molar-refractivity contribution in [1.82, 2.24) is 20.3 Å². The zero-order valence-corrected chi connectivity index (χ0v) is 21.1. The van der Waals surface area contributed by atoms with E-state index in [1.165, 1.54) is 12.4 Å². The Bertz CT molecular complexity index is 1140. The van der Waals surface area contributed by atoms with E-state index in [0.29, 0.717) is 43.0 Å². The molecular weight excluding hydrogens is 480 g/mol. The maximum absolute atomic E-state index is 11.6. The van der Waals surface area contributed by atoms with Crippen LogP contribution in [0.1, 0.15) is 22.8 Å². The highest BCUT2D eigenvalue weighted by molar-refractivity contribution is 8.03. The number of nitrogens with two attached hydrogens (primary N) is 1. The summed E-state index contributed by atoms with van der Waals surface area (Å²) >= 11 is 1.72. The molecule has 1 aromatic carbocycles. The SMILES string of the molecule is CC(C1=CCN=C(c2ccc(N)cc2)N=C(N2CCOCC2)CS1)N(C)c1ncc(C(=O)NO)cn1. The largest absolute Gasteiger partial charge is 0.399 e. The van der Waals surface area contributed by atoms with Crippen molar-refractivity contribution < 1.29 is 14.7 Å². The minimum Gasteiger partial charge on any atom is -0.399 e. The smallest absolute Gasteiger partial charge is 0.277 e. The lowest BCUT2D eigenvalue weighted by molar-refractivity contribution is 0.0680. The van der Waals surface area contributed by atoms with Crippen molar-refractivity contribution in [3.8, 4) is 0 Å². The summed E-state index contributed by atoms with van der Waals surface area (Å²) in [4.78, 5) is 35.3. The van der Waals surface area contributed by atoms with Crippen molar-refractivity contribution in [3.05, 3.63) is 58.8 Å². The molecule has 11 nitrogen and oxygen atoms in total. The predicted molar refractivity (Wildman–Crippen MR) is 142 cm³/mol. The van der Waals surface area contributed by atoms with Crippen LogP contribution in [0.5, 0.6) is 0 Å². The molecule has 0 saturated carbocycles. The Labute approximate surface area is 214 Å². The topological polar surface area (TPSA) is 142 Å². The number of thioether (sulfide) groups is 1. The Morgan fingerprint density at radius 3 is 2.58 bits per heavy atom. The molecule has 1 fully saturated rings. The van der Waals surface area contributed by atoms with Crippen LogP contribution in [0.3, 0.4) is 0 Å². The fraction of sp³-hybridized carbons (Fsp3) is 0.375. The number of ether oxygens (including phenoxy) is 1. The van der Waals surface area contributed by atoms with E-state index in [4.69, 9.17) is 25.7 Å². The summed E-state index contributed by atoms with van der Waals surface area (Å²) < 4.78 is 5.55. The van der Waals surface area contributed by atoms with Crippen molar-refractivity contribution >= 4 is 41.0 Å². The molecule has 1 unspecified atom stereocenters. The van der Waals surface area contributed by atoms with Crippen LogP contribution >= 0.6 is 11.8 Å². The van der Waals surface area contributed by atoms with Gasteiger partial charge < -0.3 is 20.3 Å². The normalized spacial score (nSPS) is 17.5. The number of hydrogen-bond acceptors (Lipinski definition) is 11. The average molecular weight is 511 g/mol. The Hall–Kier alpha value is -3.48. The molecule has 4 N–H and O–H groups in total. The molecule has 1 atom stereocenters. The number of carbonyl (C=O) groups excluding carboxylic acids is 1. The molecule has 0 spiro atoms. The number of carbonyl (C=O) groups is 1. The summed E-state index contributed by atoms with van der Waals surface area (Å²) in [5.74, 6) is 2.12. The highest BCUT2D eigenvalue weighted by Gasteiger charge is 2.22. The van der Waals surface area contributed by atoms with E-state index >= 15 is 0 Å². The molecule has 2 aliphatic heterocycles. The van der Waals surface area contributed by atoms with Gasteiger partial charge in [-0.1, -0.05) is 6.08 Å². The van der Waals surface area contributed by atoms with Crippen molar-refractivity contribution in [2.24, 2.45) is 9.98 Å². The highest BCUT2D eigenvalue weighted by atomic mass is 32.2. The number of rotatable bonds is 5. The number of nitrogens with one attached hydrogen (secondary N) is 1. The number of hydrogen-bond donors (Lipinski definition) is 3. The quantitative estimate of drug-likeness (QED) is 0.312. The maximum Gasteiger partial charge on any atom is 0.277 e. The van der Waals surface area contributed by atoms with E-state index in [1.54, 1.807) is 17.2 Å². The summed E-state index contributed by atoms with van der Waals surface area (Å²) in [7, 11) is 1.90. The number of nitrogen functional groups attached to an aromatic ring is 1. The maximum atomic E-state index is 11.6. The van der Waals surface area contributed by atoms with Gasteiger partial charge in [-0.25, -0.2) is 20.4 Å². The first-order valence-corrected chi connectivity index (χ1v) is 12.6. The zero-order valence-electron chi connectivity index (χ0n) is 20.3.